The van der Waals surface area contributed by atoms with Gasteiger partial charge in [0.05, 0.1) is 0 Å². The van der Waals surface area contributed by atoms with Crippen LogP contribution in [0.1, 0.15) is 265 Å². The van der Waals surface area contributed by atoms with Gasteiger partial charge in [-0.1, -0.05) is 209 Å². The predicted octanol–water partition coefficient (Wildman–Crippen LogP) is 18.2. The second-order valence-electron chi connectivity index (χ2n) is 18.1. The molecule has 0 rings (SSSR count). The van der Waals surface area contributed by atoms with E-state index in [1.807, 2.05) is 0 Å². The van der Waals surface area contributed by atoms with Gasteiger partial charge in [0.25, 0.3) is 0 Å². The Bertz CT molecular complexity index is 1230. The Morgan fingerprint density at radius 2 is 0.569 bits per heavy atom. The van der Waals surface area contributed by atoms with Crippen LogP contribution in [0.15, 0.2) is 72.9 Å². The quantitative estimate of drug-likeness (QED) is 0.0262. The second kappa shape index (κ2) is 53.5. The highest BCUT2D eigenvalue weighted by Crippen LogP contribution is 2.14. The van der Waals surface area contributed by atoms with Gasteiger partial charge in [-0.2, -0.15) is 0 Å². The lowest BCUT2D eigenvalue weighted by Gasteiger charge is -2.18. The van der Waals surface area contributed by atoms with E-state index in [4.69, 9.17) is 14.2 Å². The molecule has 0 aliphatic heterocycles. The second-order valence-corrected chi connectivity index (χ2v) is 18.1. The van der Waals surface area contributed by atoms with E-state index in [-0.39, 0.29) is 37.5 Å². The van der Waals surface area contributed by atoms with E-state index in [0.717, 1.165) is 83.5 Å². The molecule has 0 aliphatic carbocycles. The minimum Gasteiger partial charge on any atom is -0.462 e. The first-order chi connectivity index (χ1) is 32.0. The number of rotatable bonds is 49. The highest BCUT2D eigenvalue weighted by molar-refractivity contribution is 5.71. The molecular formula is C59H102O6. The lowest BCUT2D eigenvalue weighted by atomic mass is 10.1. The highest BCUT2D eigenvalue weighted by Gasteiger charge is 2.19. The van der Waals surface area contributed by atoms with E-state index in [1.54, 1.807) is 0 Å². The summed E-state index contributed by atoms with van der Waals surface area (Å²) in [7, 11) is 0. The Kier molecular flexibility index (Phi) is 50.9. The van der Waals surface area contributed by atoms with Crippen LogP contribution in [0, 0.1) is 0 Å². The van der Waals surface area contributed by atoms with Crippen molar-refractivity contribution in [3.05, 3.63) is 72.9 Å². The van der Waals surface area contributed by atoms with Crippen molar-refractivity contribution in [2.75, 3.05) is 13.2 Å². The smallest absolute Gasteiger partial charge is 0.306 e. The number of esters is 3. The monoisotopic (exact) mass is 907 g/mol. The number of carbonyl (C=O) groups excluding carboxylic acids is 3. The first kappa shape index (κ1) is 61.9. The molecule has 0 fully saturated rings. The van der Waals surface area contributed by atoms with E-state index in [2.05, 4.69) is 93.7 Å². The van der Waals surface area contributed by atoms with E-state index >= 15 is 0 Å². The lowest BCUT2D eigenvalue weighted by molar-refractivity contribution is -0.167. The summed E-state index contributed by atoms with van der Waals surface area (Å²) < 4.78 is 16.8. The fourth-order valence-corrected chi connectivity index (χ4v) is 7.48. The van der Waals surface area contributed by atoms with Crippen molar-refractivity contribution < 1.29 is 28.6 Å². The van der Waals surface area contributed by atoms with E-state index < -0.39 is 6.10 Å². The molecule has 0 aromatic heterocycles. The molecule has 6 nitrogen and oxygen atoms in total. The van der Waals surface area contributed by atoms with Gasteiger partial charge in [-0.25, -0.2) is 0 Å². The Hall–Kier alpha value is -3.15. The standard InChI is InChI=1S/C59H102O6/c1-4-7-10-13-16-19-22-25-28-30-32-34-37-40-43-46-49-52-58(61)64-55-56(54-63-57(60)51-48-45-42-39-36-33-27-24-21-18-15-12-9-6-3)65-59(62)53-50-47-44-41-38-35-31-29-26-23-20-17-14-11-8-5-2/h16,19,24-25,27-29,31-32,34,40,43,56H,4-15,17-18,20-23,26,30,33,35-39,41-42,44-55H2,1-3H3/b19-16-,27-24-,28-25-,31-29-,34-32-,43-40-/t56-/m1/s1. The maximum Gasteiger partial charge on any atom is 0.306 e. The zero-order valence-corrected chi connectivity index (χ0v) is 42.7. The van der Waals surface area contributed by atoms with Crippen LogP contribution >= 0.6 is 0 Å². The molecule has 0 radical (unpaired) electrons. The highest BCUT2D eigenvalue weighted by atomic mass is 16.6. The summed E-state index contributed by atoms with van der Waals surface area (Å²) in [5, 5.41) is 0. The van der Waals surface area contributed by atoms with Crippen LogP contribution in [0.2, 0.25) is 0 Å². The van der Waals surface area contributed by atoms with Crippen LogP contribution < -0.4 is 0 Å². The molecule has 0 unspecified atom stereocenters. The summed E-state index contributed by atoms with van der Waals surface area (Å²) >= 11 is 0. The van der Waals surface area contributed by atoms with Crippen molar-refractivity contribution in [1.29, 1.82) is 0 Å². The van der Waals surface area contributed by atoms with Gasteiger partial charge in [0, 0.05) is 19.3 Å². The molecule has 0 amide bonds. The van der Waals surface area contributed by atoms with Crippen molar-refractivity contribution in [3.63, 3.8) is 0 Å². The SMILES string of the molecule is CCCCC/C=C\C/C=C\C/C=C\C/C=C\CCCC(=O)OC[C@@H](COC(=O)CCCCCCC/C=C\CCCCCCC)OC(=O)CCCCCCC/C=C\CCCCCCCCC. The average Bonchev–Trinajstić information content (AvgIpc) is 3.30. The summed E-state index contributed by atoms with van der Waals surface area (Å²) in [6, 6.07) is 0. The van der Waals surface area contributed by atoms with Gasteiger partial charge in [-0.3, -0.25) is 14.4 Å². The Balaban J connectivity index is 4.49. The van der Waals surface area contributed by atoms with Crippen LogP contribution in [0.5, 0.6) is 0 Å². The van der Waals surface area contributed by atoms with Crippen molar-refractivity contribution in [2.24, 2.45) is 0 Å². The Morgan fingerprint density at radius 1 is 0.308 bits per heavy atom. The maximum atomic E-state index is 12.8. The van der Waals surface area contributed by atoms with Crippen molar-refractivity contribution in [2.45, 2.75) is 271 Å². The fourth-order valence-electron chi connectivity index (χ4n) is 7.48. The zero-order valence-electron chi connectivity index (χ0n) is 42.7. The van der Waals surface area contributed by atoms with E-state index in [0.29, 0.717) is 19.3 Å². The topological polar surface area (TPSA) is 78.9 Å². The molecule has 65 heavy (non-hydrogen) atoms. The number of carbonyl (C=O) groups is 3. The van der Waals surface area contributed by atoms with Gasteiger partial charge in [0.1, 0.15) is 13.2 Å². The third-order valence-corrected chi connectivity index (χ3v) is 11.7. The molecule has 0 aliphatic rings. The first-order valence-corrected chi connectivity index (χ1v) is 27.4. The maximum absolute atomic E-state index is 12.8. The van der Waals surface area contributed by atoms with Crippen LogP contribution in [0.4, 0.5) is 0 Å². The number of ether oxygens (including phenoxy) is 3. The summed E-state index contributed by atoms with van der Waals surface area (Å²) in [5.74, 6) is -0.970. The van der Waals surface area contributed by atoms with Crippen LogP contribution in [0.25, 0.3) is 0 Å². The number of hydrogen-bond acceptors (Lipinski definition) is 6. The first-order valence-electron chi connectivity index (χ1n) is 27.4. The molecule has 374 valence electrons. The molecule has 0 N–H and O–H groups in total. The minimum atomic E-state index is -0.804. The minimum absolute atomic E-state index is 0.0997. The van der Waals surface area contributed by atoms with E-state index in [1.165, 1.54) is 135 Å². The molecule has 0 heterocycles. The number of unbranched alkanes of at least 4 members (excludes halogenated alkanes) is 26. The normalized spacial score (nSPS) is 12.6. The van der Waals surface area contributed by atoms with Crippen molar-refractivity contribution in [1.82, 2.24) is 0 Å². The van der Waals surface area contributed by atoms with Gasteiger partial charge >= 0.3 is 17.9 Å². The Labute approximate surface area is 402 Å². The molecule has 0 aromatic carbocycles. The predicted molar refractivity (Wildman–Crippen MR) is 279 cm³/mol. The molecule has 1 atom stereocenters. The van der Waals surface area contributed by atoms with Crippen molar-refractivity contribution >= 4 is 17.9 Å². The van der Waals surface area contributed by atoms with Crippen LogP contribution in [0.3, 0.4) is 0 Å². The third-order valence-electron chi connectivity index (χ3n) is 11.7. The Morgan fingerprint density at radius 3 is 0.969 bits per heavy atom. The summed E-state index contributed by atoms with van der Waals surface area (Å²) in [6.45, 7) is 6.55. The summed E-state index contributed by atoms with van der Waals surface area (Å²) in [6.07, 6.45) is 67.4. The summed E-state index contributed by atoms with van der Waals surface area (Å²) in [4.78, 5) is 38.0. The van der Waals surface area contributed by atoms with E-state index in [9.17, 15) is 14.4 Å². The fraction of sp³-hybridized carbons (Fsp3) is 0.746. The molecular weight excluding hydrogens is 805 g/mol. The lowest BCUT2D eigenvalue weighted by Crippen LogP contribution is -2.30. The van der Waals surface area contributed by atoms with Gasteiger partial charge in [-0.15, -0.1) is 0 Å². The summed E-state index contributed by atoms with van der Waals surface area (Å²) in [5.41, 5.74) is 0. The van der Waals surface area contributed by atoms with Crippen LogP contribution in [-0.2, 0) is 28.6 Å². The van der Waals surface area contributed by atoms with Crippen molar-refractivity contribution in [3.8, 4) is 0 Å². The van der Waals surface area contributed by atoms with Crippen LogP contribution in [-0.4, -0.2) is 37.2 Å². The molecule has 0 saturated carbocycles. The molecule has 0 saturated heterocycles. The number of allylic oxidation sites excluding steroid dienone is 12. The van der Waals surface area contributed by atoms with Gasteiger partial charge < -0.3 is 14.2 Å². The van der Waals surface area contributed by atoms with Gasteiger partial charge in [0.2, 0.25) is 0 Å². The van der Waals surface area contributed by atoms with Gasteiger partial charge in [-0.05, 0) is 109 Å². The molecule has 6 heteroatoms. The zero-order chi connectivity index (χ0) is 47.2. The average molecular weight is 907 g/mol. The third kappa shape index (κ3) is 51.7. The molecule has 0 bridgehead atoms. The molecule has 0 aromatic rings. The van der Waals surface area contributed by atoms with Gasteiger partial charge in [0.15, 0.2) is 6.10 Å². The molecule has 0 spiro atoms. The number of hydrogen-bond donors (Lipinski definition) is 0. The largest absolute Gasteiger partial charge is 0.462 e.